The maximum Gasteiger partial charge on any atom is 0.416 e. The zero-order chi connectivity index (χ0) is 26.6. The van der Waals surface area contributed by atoms with Crippen molar-refractivity contribution in [3.8, 4) is 0 Å². The van der Waals surface area contributed by atoms with Crippen molar-refractivity contribution >= 4 is 23.5 Å². The minimum Gasteiger partial charge on any atom is -0.468 e. The standard InChI is InChI=1S/C27H31ClF3N3O3/c1-37-26(36)24-16-20(32-25(35)22-15-19(27(29,30)31)7-8-23(22)28)17-34(24)21-10-13-33(14-11-21)12-9-18-5-3-2-4-6-18/h2-8,15,20-21,24H,9-14,16-17H2,1H3,(H,32,35)/t20-,24-/m0/s1. The number of alkyl halides is 3. The van der Waals surface area contributed by atoms with E-state index in [-0.39, 0.29) is 22.6 Å². The van der Waals surface area contributed by atoms with Crippen LogP contribution in [-0.4, -0.2) is 73.1 Å². The van der Waals surface area contributed by atoms with Gasteiger partial charge in [-0.2, -0.15) is 13.2 Å². The molecule has 6 nitrogen and oxygen atoms in total. The lowest BCUT2D eigenvalue weighted by atomic mass is 10.0. The molecule has 0 spiro atoms. The fourth-order valence-corrected chi connectivity index (χ4v) is 5.49. The summed E-state index contributed by atoms with van der Waals surface area (Å²) in [5.74, 6) is -1.07. The Hall–Kier alpha value is -2.62. The zero-order valence-corrected chi connectivity index (χ0v) is 21.4. The molecule has 0 aliphatic carbocycles. The molecule has 4 rings (SSSR count). The van der Waals surface area contributed by atoms with Crippen LogP contribution in [0.4, 0.5) is 13.2 Å². The van der Waals surface area contributed by atoms with E-state index >= 15 is 0 Å². The molecule has 2 aromatic rings. The summed E-state index contributed by atoms with van der Waals surface area (Å²) in [7, 11) is 1.33. The summed E-state index contributed by atoms with van der Waals surface area (Å²) < 4.78 is 44.4. The first kappa shape index (κ1) is 27.4. The topological polar surface area (TPSA) is 61.9 Å². The Balaban J connectivity index is 1.37. The quantitative estimate of drug-likeness (QED) is 0.530. The van der Waals surface area contributed by atoms with Crippen LogP contribution in [0.25, 0.3) is 0 Å². The maximum atomic E-state index is 13.1. The molecule has 2 heterocycles. The summed E-state index contributed by atoms with van der Waals surface area (Å²) in [5, 5.41) is 2.73. The lowest BCUT2D eigenvalue weighted by Gasteiger charge is -2.38. The normalized spacial score (nSPS) is 21.6. The second-order valence-corrected chi connectivity index (χ2v) is 10.0. The smallest absolute Gasteiger partial charge is 0.416 e. The highest BCUT2D eigenvalue weighted by atomic mass is 35.5. The number of nitrogens with one attached hydrogen (secondary N) is 1. The molecule has 10 heteroatoms. The Bertz CT molecular complexity index is 1090. The summed E-state index contributed by atoms with van der Waals surface area (Å²) in [6, 6.07) is 12.2. The molecule has 0 aromatic heterocycles. The number of ether oxygens (including phenoxy) is 1. The minimum atomic E-state index is -4.59. The number of carbonyl (C=O) groups is 2. The summed E-state index contributed by atoms with van der Waals surface area (Å²) in [6.07, 6.45) is -1.53. The van der Waals surface area contributed by atoms with E-state index in [4.69, 9.17) is 16.3 Å². The SMILES string of the molecule is COC(=O)[C@@H]1C[C@H](NC(=O)c2cc(C(F)(F)F)ccc2Cl)CN1C1CCN(CCc2ccccc2)CC1. The van der Waals surface area contributed by atoms with Gasteiger partial charge >= 0.3 is 12.1 Å². The van der Waals surface area contributed by atoms with Gasteiger partial charge in [0, 0.05) is 25.2 Å². The van der Waals surface area contributed by atoms with Gasteiger partial charge in [0.15, 0.2) is 0 Å². The number of carbonyl (C=O) groups excluding carboxylic acids is 2. The molecular formula is C27H31ClF3N3O3. The Kier molecular flexibility index (Phi) is 8.77. The largest absolute Gasteiger partial charge is 0.468 e. The predicted octanol–water partition coefficient (Wildman–Crippen LogP) is 4.41. The number of rotatable bonds is 7. The van der Waals surface area contributed by atoms with Crippen LogP contribution < -0.4 is 5.32 Å². The van der Waals surface area contributed by atoms with E-state index in [9.17, 15) is 22.8 Å². The fraction of sp³-hybridized carbons (Fsp3) is 0.481. The molecule has 0 saturated carbocycles. The number of piperidine rings is 1. The van der Waals surface area contributed by atoms with Gasteiger partial charge in [-0.05, 0) is 62.5 Å². The van der Waals surface area contributed by atoms with Crippen molar-refractivity contribution < 1.29 is 27.5 Å². The molecule has 0 radical (unpaired) electrons. The molecule has 200 valence electrons. The van der Waals surface area contributed by atoms with Gasteiger partial charge < -0.3 is 15.0 Å². The van der Waals surface area contributed by atoms with Crippen molar-refractivity contribution in [3.05, 3.63) is 70.2 Å². The van der Waals surface area contributed by atoms with Gasteiger partial charge in [-0.3, -0.25) is 14.5 Å². The lowest BCUT2D eigenvalue weighted by Crippen LogP contribution is -2.49. The molecule has 0 unspecified atom stereocenters. The van der Waals surface area contributed by atoms with Crippen molar-refractivity contribution in [1.82, 2.24) is 15.1 Å². The van der Waals surface area contributed by atoms with Crippen molar-refractivity contribution in [2.24, 2.45) is 0 Å². The van der Waals surface area contributed by atoms with Gasteiger partial charge in [0.2, 0.25) is 0 Å². The first-order chi connectivity index (χ1) is 17.7. The minimum absolute atomic E-state index is 0.0623. The van der Waals surface area contributed by atoms with Gasteiger partial charge in [-0.1, -0.05) is 41.9 Å². The van der Waals surface area contributed by atoms with Crippen LogP contribution in [0, 0.1) is 0 Å². The van der Waals surface area contributed by atoms with E-state index in [0.717, 1.165) is 57.1 Å². The van der Waals surface area contributed by atoms with Crippen LogP contribution in [0.15, 0.2) is 48.5 Å². The number of methoxy groups -OCH3 is 1. The number of benzene rings is 2. The van der Waals surface area contributed by atoms with E-state index < -0.39 is 29.7 Å². The third-order valence-corrected chi connectivity index (χ3v) is 7.60. The lowest BCUT2D eigenvalue weighted by molar-refractivity contribution is -0.147. The maximum absolute atomic E-state index is 13.1. The Labute approximate surface area is 219 Å². The summed E-state index contributed by atoms with van der Waals surface area (Å²) in [6.45, 7) is 3.18. The number of nitrogens with zero attached hydrogens (tertiary/aromatic N) is 2. The molecule has 2 fully saturated rings. The van der Waals surface area contributed by atoms with Crippen molar-refractivity contribution in [1.29, 1.82) is 0 Å². The number of amides is 1. The van der Waals surface area contributed by atoms with E-state index in [2.05, 4.69) is 27.2 Å². The molecule has 2 aliphatic heterocycles. The molecule has 2 aromatic carbocycles. The average Bonchev–Trinajstić information content (AvgIpc) is 3.31. The average molecular weight is 538 g/mol. The zero-order valence-electron chi connectivity index (χ0n) is 20.6. The Morgan fingerprint density at radius 2 is 1.81 bits per heavy atom. The van der Waals surface area contributed by atoms with Crippen molar-refractivity contribution in [3.63, 3.8) is 0 Å². The molecule has 0 bridgehead atoms. The number of hydrogen-bond acceptors (Lipinski definition) is 5. The van der Waals surface area contributed by atoms with Crippen LogP contribution >= 0.6 is 11.6 Å². The number of halogens is 4. The summed E-state index contributed by atoms with van der Waals surface area (Å²) in [4.78, 5) is 29.9. The van der Waals surface area contributed by atoms with E-state index in [1.807, 2.05) is 18.2 Å². The second-order valence-electron chi connectivity index (χ2n) is 9.64. The van der Waals surface area contributed by atoms with Gasteiger partial charge in [0.05, 0.1) is 23.3 Å². The van der Waals surface area contributed by atoms with E-state index in [1.165, 1.54) is 12.7 Å². The van der Waals surface area contributed by atoms with Gasteiger partial charge in [-0.15, -0.1) is 0 Å². The van der Waals surface area contributed by atoms with Gasteiger partial charge in [-0.25, -0.2) is 0 Å². The van der Waals surface area contributed by atoms with Gasteiger partial charge in [0.1, 0.15) is 6.04 Å². The first-order valence-electron chi connectivity index (χ1n) is 12.4. The molecule has 2 saturated heterocycles. The number of esters is 1. The highest BCUT2D eigenvalue weighted by Crippen LogP contribution is 2.32. The van der Waals surface area contributed by atoms with Crippen molar-refractivity contribution in [2.45, 2.75) is 50.0 Å². The predicted molar refractivity (Wildman–Crippen MR) is 134 cm³/mol. The molecular weight excluding hydrogens is 507 g/mol. The molecule has 1 amide bonds. The summed E-state index contributed by atoms with van der Waals surface area (Å²) >= 11 is 6.04. The Morgan fingerprint density at radius 3 is 2.46 bits per heavy atom. The molecule has 2 aliphatic rings. The molecule has 37 heavy (non-hydrogen) atoms. The van der Waals surface area contributed by atoms with Crippen LogP contribution in [0.2, 0.25) is 5.02 Å². The van der Waals surface area contributed by atoms with Gasteiger partial charge in [0.25, 0.3) is 5.91 Å². The highest BCUT2D eigenvalue weighted by molar-refractivity contribution is 6.33. The summed E-state index contributed by atoms with van der Waals surface area (Å²) in [5.41, 5.74) is 0.118. The third kappa shape index (κ3) is 6.83. The highest BCUT2D eigenvalue weighted by Gasteiger charge is 2.42. The van der Waals surface area contributed by atoms with Crippen molar-refractivity contribution in [2.75, 3.05) is 33.3 Å². The molecule has 2 atom stereocenters. The van der Waals surface area contributed by atoms with Crippen LogP contribution in [-0.2, 0) is 22.1 Å². The fourth-order valence-electron chi connectivity index (χ4n) is 5.28. The van der Waals surface area contributed by atoms with E-state index in [0.29, 0.717) is 13.0 Å². The number of likely N-dealkylation sites (tertiary alicyclic amines) is 2. The molecule has 1 N–H and O–H groups in total. The van der Waals surface area contributed by atoms with Crippen LogP contribution in [0.3, 0.4) is 0 Å². The first-order valence-corrected chi connectivity index (χ1v) is 12.8. The monoisotopic (exact) mass is 537 g/mol. The van der Waals surface area contributed by atoms with Crippen LogP contribution in [0.5, 0.6) is 0 Å². The number of hydrogen-bond donors (Lipinski definition) is 1. The van der Waals surface area contributed by atoms with E-state index in [1.54, 1.807) is 0 Å². The van der Waals surface area contributed by atoms with Crippen LogP contribution in [0.1, 0.15) is 40.7 Å². The third-order valence-electron chi connectivity index (χ3n) is 7.27. The second kappa shape index (κ2) is 11.8. The Morgan fingerprint density at radius 1 is 1.11 bits per heavy atom.